The van der Waals surface area contributed by atoms with Crippen LogP contribution in [0.15, 0.2) is 243 Å². The fourth-order valence-corrected chi connectivity index (χ4v) is 19.8. The third kappa shape index (κ3) is 12.5. The van der Waals surface area contributed by atoms with Crippen LogP contribution in [0.2, 0.25) is 0 Å². The molecule has 0 aromatic heterocycles. The molecule has 0 unspecified atom stereocenters. The average molecular weight is 860 g/mol. The molecular weight excluding hydrogens is 807 g/mol. The molecule has 1 radical (unpaired) electrons. The topological polar surface area (TPSA) is 0 Å². The van der Waals surface area contributed by atoms with Gasteiger partial charge in [0.2, 0.25) is 0 Å². The minimum absolute atomic E-state index is 0. The van der Waals surface area contributed by atoms with Crippen LogP contribution in [0.3, 0.4) is 0 Å². The van der Waals surface area contributed by atoms with E-state index in [1.54, 1.807) is 0 Å². The standard InChI is InChI=1S/2C26H24P2.Co/c2*1-5-13-23(14-6-1)27(24-15-7-2-8-16-24)21-22-28(25-17-9-3-10-18-25)26-19-11-4-12-20-26;/h2*1-20H,21-22H2;/p+4. The summed E-state index contributed by atoms with van der Waals surface area (Å²) in [4.78, 5) is 0. The van der Waals surface area contributed by atoms with Gasteiger partial charge in [-0.1, -0.05) is 146 Å². The van der Waals surface area contributed by atoms with Crippen molar-refractivity contribution in [1.82, 2.24) is 0 Å². The molecular formula is C52H52CoP4+4. The van der Waals surface area contributed by atoms with Crippen LogP contribution in [-0.2, 0) is 16.8 Å². The molecule has 0 fully saturated rings. The van der Waals surface area contributed by atoms with Gasteiger partial charge in [-0.15, -0.1) is 0 Å². The summed E-state index contributed by atoms with van der Waals surface area (Å²) in [5.41, 5.74) is 0. The Morgan fingerprint density at radius 2 is 0.281 bits per heavy atom. The number of benzene rings is 8. The molecule has 5 heteroatoms. The predicted octanol–water partition coefficient (Wildman–Crippen LogP) is 9.43. The van der Waals surface area contributed by atoms with E-state index in [4.69, 9.17) is 0 Å². The smallest absolute Gasteiger partial charge is 0.0620 e. The van der Waals surface area contributed by atoms with Crippen molar-refractivity contribution in [2.24, 2.45) is 0 Å². The second-order valence-electron chi connectivity index (χ2n) is 13.8. The largest absolute Gasteiger partial charge is 0.101 e. The van der Waals surface area contributed by atoms with E-state index in [-0.39, 0.29) is 16.8 Å². The van der Waals surface area contributed by atoms with Crippen molar-refractivity contribution in [2.45, 2.75) is 0 Å². The van der Waals surface area contributed by atoms with Crippen LogP contribution in [0.1, 0.15) is 0 Å². The zero-order valence-corrected chi connectivity index (χ0v) is 37.3. The second kappa shape index (κ2) is 23.4. The van der Waals surface area contributed by atoms with Crippen molar-refractivity contribution in [2.75, 3.05) is 24.6 Å². The van der Waals surface area contributed by atoms with Crippen LogP contribution < -0.4 is 42.4 Å². The zero-order chi connectivity index (χ0) is 38.0. The first kappa shape index (κ1) is 42.6. The maximum absolute atomic E-state index is 2.32. The van der Waals surface area contributed by atoms with Crippen LogP contribution in [-0.4, -0.2) is 24.6 Å². The van der Waals surface area contributed by atoms with E-state index >= 15 is 0 Å². The van der Waals surface area contributed by atoms with Gasteiger partial charge in [-0.05, 0) is 97.1 Å². The van der Waals surface area contributed by atoms with E-state index in [2.05, 4.69) is 243 Å². The minimum Gasteiger partial charge on any atom is -0.0620 e. The first-order valence-corrected chi connectivity index (χ1v) is 26.5. The van der Waals surface area contributed by atoms with Gasteiger partial charge >= 0.3 is 0 Å². The normalized spacial score (nSPS) is 10.9. The Hall–Kier alpha value is -4.01. The molecule has 0 atom stereocenters. The molecule has 57 heavy (non-hydrogen) atoms. The molecule has 0 spiro atoms. The monoisotopic (exact) mass is 859 g/mol. The van der Waals surface area contributed by atoms with Crippen molar-refractivity contribution in [3.05, 3.63) is 243 Å². The van der Waals surface area contributed by atoms with Crippen molar-refractivity contribution in [3.63, 3.8) is 0 Å². The van der Waals surface area contributed by atoms with Gasteiger partial charge in [-0.2, -0.15) is 0 Å². The summed E-state index contributed by atoms with van der Waals surface area (Å²) in [6.07, 6.45) is 5.04. The summed E-state index contributed by atoms with van der Waals surface area (Å²) in [7, 11) is -3.13. The van der Waals surface area contributed by atoms with Gasteiger partial charge in [0.1, 0.15) is 24.6 Å². The summed E-state index contributed by atoms with van der Waals surface area (Å²) in [6.45, 7) is 0. The molecule has 0 bridgehead atoms. The van der Waals surface area contributed by atoms with Crippen LogP contribution in [0, 0.1) is 0 Å². The quantitative estimate of drug-likeness (QED) is 0.0958. The fraction of sp³-hybridized carbons (Fsp3) is 0.0769. The van der Waals surface area contributed by atoms with Gasteiger partial charge in [0.05, 0.1) is 74.1 Å². The van der Waals surface area contributed by atoms with Gasteiger partial charge in [0.25, 0.3) is 0 Å². The molecule has 0 N–H and O–H groups in total. The van der Waals surface area contributed by atoms with E-state index in [0.717, 1.165) is 0 Å². The Kier molecular flexibility index (Phi) is 17.5. The number of hydrogen-bond acceptors (Lipinski definition) is 0. The summed E-state index contributed by atoms with van der Waals surface area (Å²) < 4.78 is 0. The van der Waals surface area contributed by atoms with E-state index in [1.807, 2.05) is 0 Å². The maximum atomic E-state index is 2.32. The van der Waals surface area contributed by atoms with Crippen LogP contribution in [0.4, 0.5) is 0 Å². The number of hydrogen-bond donors (Lipinski definition) is 0. The van der Waals surface area contributed by atoms with Gasteiger partial charge < -0.3 is 0 Å². The Bertz CT molecular complexity index is 1760. The number of rotatable bonds is 14. The van der Waals surface area contributed by atoms with Crippen molar-refractivity contribution < 1.29 is 16.8 Å². The Balaban J connectivity index is 0.000000189. The molecule has 285 valence electrons. The average Bonchev–Trinajstić information content (AvgIpc) is 3.29. The van der Waals surface area contributed by atoms with E-state index in [0.29, 0.717) is 0 Å². The van der Waals surface area contributed by atoms with Crippen LogP contribution in [0.25, 0.3) is 0 Å². The summed E-state index contributed by atoms with van der Waals surface area (Å²) in [5.74, 6) is 0. The molecule has 8 aromatic rings. The zero-order valence-electron chi connectivity index (χ0n) is 32.3. The van der Waals surface area contributed by atoms with Gasteiger partial charge in [-0.3, -0.25) is 0 Å². The summed E-state index contributed by atoms with van der Waals surface area (Å²) in [6, 6.07) is 89.0. The van der Waals surface area contributed by atoms with Crippen molar-refractivity contribution in [3.8, 4) is 0 Å². The molecule has 0 amide bonds. The molecule has 0 saturated carbocycles. The Morgan fingerprint density at radius 1 is 0.175 bits per heavy atom. The van der Waals surface area contributed by atoms with Gasteiger partial charge in [-0.25, -0.2) is 0 Å². The van der Waals surface area contributed by atoms with Gasteiger partial charge in [0.15, 0.2) is 0 Å². The second-order valence-corrected chi connectivity index (χ2v) is 24.3. The van der Waals surface area contributed by atoms with Crippen molar-refractivity contribution >= 4 is 74.1 Å². The van der Waals surface area contributed by atoms with E-state index in [9.17, 15) is 0 Å². The Labute approximate surface area is 356 Å². The molecule has 8 aromatic carbocycles. The summed E-state index contributed by atoms with van der Waals surface area (Å²) in [5, 5.41) is 12.1. The molecule has 0 aliphatic rings. The molecule has 0 heterocycles. The first-order valence-electron chi connectivity index (χ1n) is 19.7. The Morgan fingerprint density at radius 3 is 0.386 bits per heavy atom. The molecule has 8 rings (SSSR count). The van der Waals surface area contributed by atoms with Crippen LogP contribution >= 0.6 is 31.7 Å². The first-order chi connectivity index (χ1) is 27.8. The van der Waals surface area contributed by atoms with Gasteiger partial charge in [0, 0.05) is 16.8 Å². The van der Waals surface area contributed by atoms with Crippen molar-refractivity contribution in [1.29, 1.82) is 0 Å². The molecule has 0 saturated heterocycles. The minimum atomic E-state index is -0.783. The SMILES string of the molecule is [Co].c1ccc([PH+](CC[PH+](c2ccccc2)c2ccccc2)c2ccccc2)cc1.c1ccc([PH+](CC[PH+](c2ccccc2)c2ccccc2)c2ccccc2)cc1. The molecule has 0 aliphatic carbocycles. The van der Waals surface area contributed by atoms with E-state index in [1.165, 1.54) is 67.1 Å². The maximum Gasteiger partial charge on any atom is 0.101 e. The van der Waals surface area contributed by atoms with E-state index < -0.39 is 31.7 Å². The fourth-order valence-electron chi connectivity index (χ4n) is 7.44. The van der Waals surface area contributed by atoms with Crippen LogP contribution in [0.5, 0.6) is 0 Å². The third-order valence-electron chi connectivity index (χ3n) is 10.2. The predicted molar refractivity (Wildman–Crippen MR) is 261 cm³/mol. The summed E-state index contributed by atoms with van der Waals surface area (Å²) >= 11 is 0. The third-order valence-corrected chi connectivity index (χ3v) is 22.5. The molecule has 0 aliphatic heterocycles. The molecule has 0 nitrogen and oxygen atoms in total.